The number of amides is 2. The molecule has 116 valence electrons. The molecule has 1 unspecified atom stereocenters. The second-order valence-corrected chi connectivity index (χ2v) is 6.34. The zero-order valence-electron chi connectivity index (χ0n) is 13.1. The van der Waals surface area contributed by atoms with E-state index < -0.39 is 5.97 Å². The van der Waals surface area contributed by atoms with Crippen molar-refractivity contribution in [3.63, 3.8) is 0 Å². The quantitative estimate of drug-likeness (QED) is 0.815. The highest BCUT2D eigenvalue weighted by Crippen LogP contribution is 2.28. The monoisotopic (exact) mass is 284 g/mol. The van der Waals surface area contributed by atoms with Crippen molar-refractivity contribution in [1.82, 2.24) is 10.2 Å². The van der Waals surface area contributed by atoms with Crippen LogP contribution in [0.25, 0.3) is 0 Å². The van der Waals surface area contributed by atoms with Crippen LogP contribution in [-0.4, -0.2) is 41.6 Å². The molecular weight excluding hydrogens is 256 g/mol. The second kappa shape index (κ2) is 7.50. The summed E-state index contributed by atoms with van der Waals surface area (Å²) >= 11 is 0. The average Bonchev–Trinajstić information content (AvgIpc) is 2.43. The molecule has 0 saturated heterocycles. The Kier molecular flexibility index (Phi) is 6.30. The minimum absolute atomic E-state index is 0.0356. The maximum atomic E-state index is 12.0. The Morgan fingerprint density at radius 3 is 2.20 bits per heavy atom. The van der Waals surface area contributed by atoms with E-state index in [1.54, 1.807) is 4.90 Å². The van der Waals surface area contributed by atoms with E-state index in [0.717, 1.165) is 25.7 Å². The zero-order chi connectivity index (χ0) is 15.3. The molecule has 1 rings (SSSR count). The van der Waals surface area contributed by atoms with Crippen LogP contribution in [0.1, 0.15) is 46.5 Å². The van der Waals surface area contributed by atoms with Crippen LogP contribution in [0.5, 0.6) is 0 Å². The van der Waals surface area contributed by atoms with Crippen LogP contribution in [0, 0.1) is 17.8 Å². The van der Waals surface area contributed by atoms with Crippen LogP contribution in [0.15, 0.2) is 0 Å². The fourth-order valence-electron chi connectivity index (χ4n) is 2.60. The van der Waals surface area contributed by atoms with Gasteiger partial charge in [-0.1, -0.05) is 13.8 Å². The number of hydrogen-bond donors (Lipinski definition) is 2. The van der Waals surface area contributed by atoms with E-state index in [4.69, 9.17) is 5.11 Å². The van der Waals surface area contributed by atoms with Crippen molar-refractivity contribution in [3.8, 4) is 0 Å². The first-order valence-corrected chi connectivity index (χ1v) is 7.56. The highest BCUT2D eigenvalue weighted by Gasteiger charge is 2.26. The fraction of sp³-hybridized carbons (Fsp3) is 0.867. The van der Waals surface area contributed by atoms with Gasteiger partial charge in [0.25, 0.3) is 0 Å². The topological polar surface area (TPSA) is 69.6 Å². The lowest BCUT2D eigenvalue weighted by Crippen LogP contribution is -2.46. The number of hydrogen-bond acceptors (Lipinski definition) is 2. The molecule has 0 aromatic heterocycles. The third-order valence-corrected chi connectivity index (χ3v) is 4.63. The molecule has 0 bridgehead atoms. The van der Waals surface area contributed by atoms with E-state index in [9.17, 15) is 9.59 Å². The molecule has 0 aliphatic heterocycles. The average molecular weight is 284 g/mol. The Morgan fingerprint density at radius 1 is 1.20 bits per heavy atom. The van der Waals surface area contributed by atoms with Gasteiger partial charge in [0.05, 0.1) is 5.92 Å². The molecule has 2 amide bonds. The van der Waals surface area contributed by atoms with Crippen molar-refractivity contribution in [3.05, 3.63) is 0 Å². The summed E-state index contributed by atoms with van der Waals surface area (Å²) in [7, 11) is 1.82. The molecule has 1 aliphatic carbocycles. The number of aliphatic carboxylic acids is 1. The molecule has 5 heteroatoms. The van der Waals surface area contributed by atoms with Crippen LogP contribution < -0.4 is 5.32 Å². The molecule has 0 radical (unpaired) electrons. The predicted octanol–water partition coefficient (Wildman–Crippen LogP) is 2.56. The number of carboxylic acid groups (broad SMARTS) is 1. The van der Waals surface area contributed by atoms with Gasteiger partial charge in [0, 0.05) is 19.6 Å². The number of carboxylic acids is 1. The van der Waals surface area contributed by atoms with E-state index >= 15 is 0 Å². The van der Waals surface area contributed by atoms with E-state index in [1.807, 2.05) is 14.0 Å². The number of rotatable bonds is 5. The molecule has 1 atom stereocenters. The highest BCUT2D eigenvalue weighted by atomic mass is 16.4. The van der Waals surface area contributed by atoms with E-state index in [2.05, 4.69) is 19.2 Å². The van der Waals surface area contributed by atoms with Gasteiger partial charge in [-0.2, -0.15) is 0 Å². The van der Waals surface area contributed by atoms with Crippen LogP contribution in [-0.2, 0) is 4.79 Å². The standard InChI is InChI=1S/C15H28N2O3/c1-10(2)11(3)17(4)15(20)16-9-12-5-7-13(8-6-12)14(18)19/h10-13H,5-9H2,1-4H3,(H,16,20)(H,18,19). The summed E-state index contributed by atoms with van der Waals surface area (Å²) in [6.45, 7) is 6.89. The lowest BCUT2D eigenvalue weighted by molar-refractivity contribution is -0.143. The molecule has 1 fully saturated rings. The summed E-state index contributed by atoms with van der Waals surface area (Å²) in [6, 6.07) is 0.171. The molecule has 5 nitrogen and oxygen atoms in total. The molecule has 20 heavy (non-hydrogen) atoms. The summed E-state index contributed by atoms with van der Waals surface area (Å²) in [5.41, 5.74) is 0. The van der Waals surface area contributed by atoms with Crippen LogP contribution in [0.2, 0.25) is 0 Å². The summed E-state index contributed by atoms with van der Waals surface area (Å²) < 4.78 is 0. The molecule has 2 N–H and O–H groups in total. The van der Waals surface area contributed by atoms with Crippen molar-refractivity contribution in [1.29, 1.82) is 0 Å². The molecule has 0 heterocycles. The maximum Gasteiger partial charge on any atom is 0.317 e. The van der Waals surface area contributed by atoms with Gasteiger partial charge in [0.2, 0.25) is 0 Å². The Bertz CT molecular complexity index is 336. The minimum atomic E-state index is -0.682. The van der Waals surface area contributed by atoms with Gasteiger partial charge < -0.3 is 15.3 Å². The predicted molar refractivity (Wildman–Crippen MR) is 78.5 cm³/mol. The summed E-state index contributed by atoms with van der Waals surface area (Å²) in [4.78, 5) is 24.6. The van der Waals surface area contributed by atoms with Gasteiger partial charge in [-0.3, -0.25) is 4.79 Å². The first-order valence-electron chi connectivity index (χ1n) is 7.56. The summed E-state index contributed by atoms with van der Waals surface area (Å²) in [5, 5.41) is 11.9. The molecule has 0 aromatic rings. The van der Waals surface area contributed by atoms with Gasteiger partial charge in [0.1, 0.15) is 0 Å². The Morgan fingerprint density at radius 2 is 1.75 bits per heavy atom. The number of carbonyl (C=O) groups is 2. The lowest BCUT2D eigenvalue weighted by Gasteiger charge is -2.30. The molecule has 1 aliphatic rings. The van der Waals surface area contributed by atoms with E-state index in [1.165, 1.54) is 0 Å². The molecule has 0 aromatic carbocycles. The zero-order valence-corrected chi connectivity index (χ0v) is 13.1. The summed E-state index contributed by atoms with van der Waals surface area (Å²) in [5.74, 6) is -0.0300. The Labute approximate surface area is 121 Å². The highest BCUT2D eigenvalue weighted by molar-refractivity contribution is 5.74. The number of nitrogens with one attached hydrogen (secondary N) is 1. The van der Waals surface area contributed by atoms with E-state index in [0.29, 0.717) is 18.4 Å². The second-order valence-electron chi connectivity index (χ2n) is 6.34. The Balaban J connectivity index is 2.30. The lowest BCUT2D eigenvalue weighted by atomic mass is 9.82. The maximum absolute atomic E-state index is 12.0. The Hall–Kier alpha value is -1.26. The van der Waals surface area contributed by atoms with Gasteiger partial charge in [-0.25, -0.2) is 4.79 Å². The summed E-state index contributed by atoms with van der Waals surface area (Å²) in [6.07, 6.45) is 3.24. The van der Waals surface area contributed by atoms with Crippen molar-refractivity contribution < 1.29 is 14.7 Å². The normalized spacial score (nSPS) is 24.2. The van der Waals surface area contributed by atoms with Gasteiger partial charge >= 0.3 is 12.0 Å². The van der Waals surface area contributed by atoms with Crippen molar-refractivity contribution in [2.24, 2.45) is 17.8 Å². The van der Waals surface area contributed by atoms with Crippen molar-refractivity contribution in [2.75, 3.05) is 13.6 Å². The fourth-order valence-corrected chi connectivity index (χ4v) is 2.60. The van der Waals surface area contributed by atoms with Crippen LogP contribution in [0.4, 0.5) is 4.79 Å². The minimum Gasteiger partial charge on any atom is -0.481 e. The molecule has 0 spiro atoms. The SMILES string of the molecule is CC(C)C(C)N(C)C(=O)NCC1CCC(C(=O)O)CC1. The first-order chi connectivity index (χ1) is 9.32. The van der Waals surface area contributed by atoms with Crippen LogP contribution in [0.3, 0.4) is 0 Å². The molecule has 1 saturated carbocycles. The smallest absolute Gasteiger partial charge is 0.317 e. The first kappa shape index (κ1) is 16.8. The third-order valence-electron chi connectivity index (χ3n) is 4.63. The van der Waals surface area contributed by atoms with Crippen molar-refractivity contribution >= 4 is 12.0 Å². The number of urea groups is 1. The third kappa shape index (κ3) is 4.69. The van der Waals surface area contributed by atoms with Crippen molar-refractivity contribution in [2.45, 2.75) is 52.5 Å². The van der Waals surface area contributed by atoms with Gasteiger partial charge in [-0.05, 0) is 44.4 Å². The largest absolute Gasteiger partial charge is 0.481 e. The van der Waals surface area contributed by atoms with Gasteiger partial charge in [0.15, 0.2) is 0 Å². The van der Waals surface area contributed by atoms with Crippen LogP contribution >= 0.6 is 0 Å². The number of carbonyl (C=O) groups excluding carboxylic acids is 1. The number of nitrogens with zero attached hydrogens (tertiary/aromatic N) is 1. The van der Waals surface area contributed by atoms with E-state index in [-0.39, 0.29) is 18.0 Å². The van der Waals surface area contributed by atoms with Gasteiger partial charge in [-0.15, -0.1) is 0 Å². The molecular formula is C15H28N2O3.